The second-order valence-corrected chi connectivity index (χ2v) is 5.92. The van der Waals surface area contributed by atoms with Crippen LogP contribution in [0.1, 0.15) is 0 Å². The number of nitrogens with one attached hydrogen (secondary N) is 1. The van der Waals surface area contributed by atoms with Crippen molar-refractivity contribution in [2.75, 3.05) is 0 Å². The predicted molar refractivity (Wildman–Crippen MR) is 82.7 cm³/mol. The lowest BCUT2D eigenvalue weighted by Crippen LogP contribution is -2.19. The molecule has 3 aromatic rings. The van der Waals surface area contributed by atoms with Crippen LogP contribution in [0, 0.1) is 10.6 Å². The molecule has 1 N–H and O–H groups in total. The smallest absolute Gasteiger partial charge is 0.265 e. The van der Waals surface area contributed by atoms with Gasteiger partial charge in [0.15, 0.2) is 4.77 Å². The van der Waals surface area contributed by atoms with Crippen LogP contribution in [0.4, 0.5) is 4.39 Å². The highest BCUT2D eigenvalue weighted by Crippen LogP contribution is 2.26. The molecule has 0 fully saturated rings. The maximum Gasteiger partial charge on any atom is 0.265 e. The average molecular weight is 319 g/mol. The second kappa shape index (κ2) is 5.42. The van der Waals surface area contributed by atoms with Crippen LogP contribution in [0.3, 0.4) is 0 Å². The molecule has 0 spiro atoms. The molecule has 106 valence electrons. The molecule has 0 saturated heterocycles. The molecule has 0 aliphatic heterocycles. The van der Waals surface area contributed by atoms with Gasteiger partial charge in [-0.3, -0.25) is 9.36 Å². The van der Waals surface area contributed by atoms with E-state index in [4.69, 9.17) is 12.2 Å². The highest BCUT2D eigenvalue weighted by molar-refractivity contribution is 7.99. The first-order valence-corrected chi connectivity index (χ1v) is 7.29. The summed E-state index contributed by atoms with van der Waals surface area (Å²) in [5.74, 6) is -0.303. The molecule has 4 nitrogen and oxygen atoms in total. The number of fused-ring (bicyclic) bond motifs is 1. The summed E-state index contributed by atoms with van der Waals surface area (Å²) in [5.41, 5.74) is 0.483. The van der Waals surface area contributed by atoms with Gasteiger partial charge in [-0.15, -0.1) is 0 Å². The Balaban J connectivity index is 2.13. The van der Waals surface area contributed by atoms with E-state index in [1.807, 2.05) is 0 Å². The number of aryl methyl sites for hydroxylation is 1. The molecule has 0 unspecified atom stereocenters. The molecule has 7 heteroatoms. The van der Waals surface area contributed by atoms with Crippen molar-refractivity contribution >= 4 is 35.0 Å². The van der Waals surface area contributed by atoms with Crippen molar-refractivity contribution < 1.29 is 4.39 Å². The van der Waals surface area contributed by atoms with E-state index >= 15 is 0 Å². The van der Waals surface area contributed by atoms with Crippen molar-refractivity contribution in [1.29, 1.82) is 0 Å². The first-order chi connectivity index (χ1) is 10.0. The Morgan fingerprint density at radius 1 is 1.33 bits per heavy atom. The monoisotopic (exact) mass is 319 g/mol. The van der Waals surface area contributed by atoms with E-state index in [-0.39, 0.29) is 11.4 Å². The van der Waals surface area contributed by atoms with E-state index in [1.54, 1.807) is 31.4 Å². The summed E-state index contributed by atoms with van der Waals surface area (Å²) in [4.78, 5) is 20.6. The quantitative estimate of drug-likeness (QED) is 0.737. The molecule has 1 aromatic carbocycles. The number of rotatable bonds is 2. The summed E-state index contributed by atoms with van der Waals surface area (Å²) in [5, 5.41) is 0.787. The zero-order valence-electron chi connectivity index (χ0n) is 11.0. The van der Waals surface area contributed by atoms with Gasteiger partial charge in [-0.25, -0.2) is 9.37 Å². The fourth-order valence-electron chi connectivity index (χ4n) is 1.95. The lowest BCUT2D eigenvalue weighted by molar-refractivity contribution is 0.626. The third kappa shape index (κ3) is 2.74. The summed E-state index contributed by atoms with van der Waals surface area (Å²) < 4.78 is 14.7. The predicted octanol–water partition coefficient (Wildman–Crippen LogP) is 3.28. The van der Waals surface area contributed by atoms with Crippen molar-refractivity contribution in [3.8, 4) is 0 Å². The van der Waals surface area contributed by atoms with Gasteiger partial charge < -0.3 is 4.98 Å². The SMILES string of the molecule is Cn1c(=O)c(Sc2ccc(F)cc2)cc2cnc(=S)[nH]c21. The van der Waals surface area contributed by atoms with Gasteiger partial charge in [0.1, 0.15) is 11.5 Å². The third-order valence-electron chi connectivity index (χ3n) is 3.00. The molecule has 0 aliphatic rings. The third-order valence-corrected chi connectivity index (χ3v) is 4.23. The number of hydrogen-bond acceptors (Lipinski definition) is 4. The van der Waals surface area contributed by atoms with Crippen molar-refractivity contribution in [3.63, 3.8) is 0 Å². The van der Waals surface area contributed by atoms with Crippen LogP contribution in [0.2, 0.25) is 0 Å². The fourth-order valence-corrected chi connectivity index (χ4v) is 3.04. The summed E-state index contributed by atoms with van der Waals surface area (Å²) >= 11 is 6.26. The van der Waals surface area contributed by atoms with Crippen molar-refractivity contribution in [2.24, 2.45) is 7.05 Å². The Bertz CT molecular complexity index is 932. The molecule has 21 heavy (non-hydrogen) atoms. The van der Waals surface area contributed by atoms with Crippen molar-refractivity contribution in [1.82, 2.24) is 14.5 Å². The number of hydrogen-bond donors (Lipinski definition) is 1. The van der Waals surface area contributed by atoms with Gasteiger partial charge in [0.2, 0.25) is 0 Å². The van der Waals surface area contributed by atoms with E-state index in [1.165, 1.54) is 28.5 Å². The summed E-state index contributed by atoms with van der Waals surface area (Å²) in [7, 11) is 1.67. The van der Waals surface area contributed by atoms with E-state index in [9.17, 15) is 9.18 Å². The Morgan fingerprint density at radius 2 is 2.05 bits per heavy atom. The largest absolute Gasteiger partial charge is 0.316 e. The molecule has 0 aliphatic carbocycles. The van der Waals surface area contributed by atoms with Crippen LogP contribution < -0.4 is 5.56 Å². The molecule has 0 atom stereocenters. The molecule has 2 aromatic heterocycles. The summed E-state index contributed by atoms with van der Waals surface area (Å²) in [6.07, 6.45) is 1.63. The Morgan fingerprint density at radius 3 is 2.76 bits per heavy atom. The first kappa shape index (κ1) is 14.0. The van der Waals surface area contributed by atoms with Gasteiger partial charge in [0.05, 0.1) is 4.90 Å². The van der Waals surface area contributed by atoms with Crippen LogP contribution in [0.15, 0.2) is 51.1 Å². The van der Waals surface area contributed by atoms with Gasteiger partial charge in [0, 0.05) is 23.5 Å². The lowest BCUT2D eigenvalue weighted by Gasteiger charge is -2.08. The van der Waals surface area contributed by atoms with Crippen LogP contribution >= 0.6 is 24.0 Å². The van der Waals surface area contributed by atoms with Crippen LogP contribution in [0.25, 0.3) is 11.0 Å². The van der Waals surface area contributed by atoms with Gasteiger partial charge in [-0.05, 0) is 42.5 Å². The molecule has 0 bridgehead atoms. The zero-order valence-corrected chi connectivity index (χ0v) is 12.6. The number of aromatic nitrogens is 3. The molecular formula is C14H10FN3OS2. The van der Waals surface area contributed by atoms with Crippen LogP contribution in [0.5, 0.6) is 0 Å². The highest BCUT2D eigenvalue weighted by Gasteiger charge is 2.09. The zero-order chi connectivity index (χ0) is 15.0. The maximum atomic E-state index is 12.9. The van der Waals surface area contributed by atoms with Gasteiger partial charge in [-0.1, -0.05) is 11.8 Å². The van der Waals surface area contributed by atoms with E-state index in [2.05, 4.69) is 9.97 Å². The molecular weight excluding hydrogens is 309 g/mol. The number of aromatic amines is 1. The number of benzene rings is 1. The first-order valence-electron chi connectivity index (χ1n) is 6.07. The van der Waals surface area contributed by atoms with E-state index in [0.29, 0.717) is 15.3 Å². The van der Waals surface area contributed by atoms with E-state index in [0.717, 1.165) is 10.3 Å². The summed E-state index contributed by atoms with van der Waals surface area (Å²) in [6, 6.07) is 7.77. The van der Waals surface area contributed by atoms with Crippen LogP contribution in [-0.4, -0.2) is 14.5 Å². The molecule has 0 radical (unpaired) electrons. The normalized spacial score (nSPS) is 11.0. The lowest BCUT2D eigenvalue weighted by atomic mass is 10.3. The number of H-pyrrole nitrogens is 1. The number of halogens is 1. The van der Waals surface area contributed by atoms with Crippen molar-refractivity contribution in [3.05, 3.63) is 57.5 Å². The van der Waals surface area contributed by atoms with Gasteiger partial charge >= 0.3 is 0 Å². The second-order valence-electron chi connectivity index (χ2n) is 4.42. The summed E-state index contributed by atoms with van der Waals surface area (Å²) in [6.45, 7) is 0. The highest BCUT2D eigenvalue weighted by atomic mass is 32.2. The minimum absolute atomic E-state index is 0.145. The van der Waals surface area contributed by atoms with Crippen LogP contribution in [-0.2, 0) is 7.05 Å². The minimum Gasteiger partial charge on any atom is -0.316 e. The maximum absolute atomic E-state index is 12.9. The van der Waals surface area contributed by atoms with E-state index < -0.39 is 0 Å². The Kier molecular flexibility index (Phi) is 3.60. The molecule has 0 amide bonds. The topological polar surface area (TPSA) is 50.7 Å². The van der Waals surface area contributed by atoms with Gasteiger partial charge in [0.25, 0.3) is 5.56 Å². The Labute approximate surface area is 128 Å². The molecule has 3 rings (SSSR count). The van der Waals surface area contributed by atoms with Crippen molar-refractivity contribution in [2.45, 2.75) is 9.79 Å². The average Bonchev–Trinajstić information content (AvgIpc) is 2.47. The Hall–Kier alpha value is -1.99. The number of nitrogens with zero attached hydrogens (tertiary/aromatic N) is 2. The minimum atomic E-state index is -0.303. The molecule has 0 saturated carbocycles. The standard InChI is InChI=1S/C14H10FN3OS2/c1-18-12-8(7-16-14(20)17-12)6-11(13(18)19)21-10-4-2-9(15)3-5-10/h2-7H,1H3,(H,16,17,20). The fraction of sp³-hybridized carbons (Fsp3) is 0.0714. The number of pyridine rings is 1. The molecule has 2 heterocycles. The van der Waals surface area contributed by atoms with Gasteiger partial charge in [-0.2, -0.15) is 0 Å².